The van der Waals surface area contributed by atoms with E-state index in [-0.39, 0.29) is 0 Å². The first-order chi connectivity index (χ1) is 12.0. The van der Waals surface area contributed by atoms with Crippen LogP contribution in [0, 0.1) is 17.8 Å². The molecular weight excluding hydrogens is 321 g/mol. The lowest BCUT2D eigenvalue weighted by atomic mass is 9.68. The third-order valence-corrected chi connectivity index (χ3v) is 6.43. The smallest absolute Gasteiger partial charge is 0.166 e. The first kappa shape index (κ1) is 18.5. The van der Waals surface area contributed by atoms with Gasteiger partial charge in [-0.15, -0.1) is 0 Å². The van der Waals surface area contributed by atoms with Crippen LogP contribution in [0.15, 0.2) is 36.4 Å². The zero-order valence-corrected chi connectivity index (χ0v) is 15.1. The molecule has 0 radical (unpaired) electrons. The van der Waals surface area contributed by atoms with Gasteiger partial charge in [0.05, 0.1) is 5.56 Å². The van der Waals surface area contributed by atoms with E-state index in [9.17, 15) is 13.2 Å². The first-order valence-corrected chi connectivity index (χ1v) is 9.77. The van der Waals surface area contributed by atoms with Gasteiger partial charge in [-0.25, -0.2) is 0 Å². The molecular formula is C22H29F3. The Hall–Kier alpha value is -1.25. The second-order valence-electron chi connectivity index (χ2n) is 7.93. The minimum atomic E-state index is -4.23. The van der Waals surface area contributed by atoms with Crippen molar-refractivity contribution in [2.45, 2.75) is 70.4 Å². The van der Waals surface area contributed by atoms with Crippen molar-refractivity contribution in [2.75, 3.05) is 0 Å². The molecule has 0 aromatic heterocycles. The zero-order chi connectivity index (χ0) is 17.9. The number of hydrogen-bond donors (Lipinski definition) is 0. The molecule has 0 bridgehead atoms. The average Bonchev–Trinajstić information content (AvgIpc) is 2.62. The van der Waals surface area contributed by atoms with Crippen LogP contribution < -0.4 is 0 Å². The molecule has 2 saturated carbocycles. The molecule has 0 aliphatic heterocycles. The Morgan fingerprint density at radius 3 is 1.80 bits per heavy atom. The Balaban J connectivity index is 1.50. The maximum atomic E-state index is 12.7. The summed E-state index contributed by atoms with van der Waals surface area (Å²) < 4.78 is 38.1. The summed E-state index contributed by atoms with van der Waals surface area (Å²) in [6.45, 7) is 2.11. The van der Waals surface area contributed by atoms with Gasteiger partial charge in [-0.2, -0.15) is 13.2 Å². The van der Waals surface area contributed by atoms with Crippen molar-refractivity contribution in [3.05, 3.63) is 47.5 Å². The standard InChI is InChI=1S/C22H29F3/c1-2-3-16-4-6-17(7-5-16)18-8-10-19(11-9-18)20-12-14-21(15-13-20)22(23,24)25/h2-3,12-19H,4-11H2,1H3/b3-2+. The van der Waals surface area contributed by atoms with E-state index in [1.807, 2.05) is 0 Å². The molecule has 0 saturated heterocycles. The largest absolute Gasteiger partial charge is 0.416 e. The SMILES string of the molecule is C/C=C/C1CCC(C2CCC(c3ccc(C(F)(F)F)cc3)CC2)CC1. The molecule has 0 nitrogen and oxygen atoms in total. The van der Waals surface area contributed by atoms with Crippen molar-refractivity contribution < 1.29 is 13.2 Å². The second kappa shape index (κ2) is 7.97. The lowest BCUT2D eigenvalue weighted by Crippen LogP contribution is -2.25. The fourth-order valence-corrected chi connectivity index (χ4v) is 4.95. The molecule has 0 N–H and O–H groups in total. The quantitative estimate of drug-likeness (QED) is 0.499. The highest BCUT2D eigenvalue weighted by atomic mass is 19.4. The van der Waals surface area contributed by atoms with Gasteiger partial charge in [-0.05, 0) is 99.7 Å². The minimum Gasteiger partial charge on any atom is -0.166 e. The molecule has 2 aliphatic rings. The summed E-state index contributed by atoms with van der Waals surface area (Å²) in [5, 5.41) is 0. The van der Waals surface area contributed by atoms with Gasteiger partial charge in [0.15, 0.2) is 0 Å². The van der Waals surface area contributed by atoms with Crippen LogP contribution in [0.5, 0.6) is 0 Å². The maximum absolute atomic E-state index is 12.7. The van der Waals surface area contributed by atoms with E-state index in [1.54, 1.807) is 12.1 Å². The van der Waals surface area contributed by atoms with E-state index < -0.39 is 11.7 Å². The lowest BCUT2D eigenvalue weighted by Gasteiger charge is -2.37. The average molecular weight is 350 g/mol. The van der Waals surface area contributed by atoms with Crippen molar-refractivity contribution in [3.63, 3.8) is 0 Å². The van der Waals surface area contributed by atoms with Gasteiger partial charge in [0.1, 0.15) is 0 Å². The van der Waals surface area contributed by atoms with E-state index in [0.29, 0.717) is 5.92 Å². The second-order valence-corrected chi connectivity index (χ2v) is 7.93. The number of allylic oxidation sites excluding steroid dienone is 2. The highest BCUT2D eigenvalue weighted by molar-refractivity contribution is 5.27. The van der Waals surface area contributed by atoms with Gasteiger partial charge < -0.3 is 0 Å². The van der Waals surface area contributed by atoms with Gasteiger partial charge in [0, 0.05) is 0 Å². The highest BCUT2D eigenvalue weighted by Crippen LogP contribution is 2.44. The molecule has 0 amide bonds. The van der Waals surface area contributed by atoms with E-state index in [4.69, 9.17) is 0 Å². The maximum Gasteiger partial charge on any atom is 0.416 e. The Morgan fingerprint density at radius 1 is 0.800 bits per heavy atom. The van der Waals surface area contributed by atoms with E-state index in [2.05, 4.69) is 19.1 Å². The fraction of sp³-hybridized carbons (Fsp3) is 0.636. The molecule has 0 heterocycles. The van der Waals surface area contributed by atoms with Crippen LogP contribution in [-0.4, -0.2) is 0 Å². The first-order valence-electron chi connectivity index (χ1n) is 9.77. The molecule has 1 aromatic rings. The number of alkyl halides is 3. The number of hydrogen-bond acceptors (Lipinski definition) is 0. The lowest BCUT2D eigenvalue weighted by molar-refractivity contribution is -0.137. The summed E-state index contributed by atoms with van der Waals surface area (Å²) >= 11 is 0. The Labute approximate surface area is 149 Å². The monoisotopic (exact) mass is 350 g/mol. The van der Waals surface area contributed by atoms with Crippen LogP contribution in [0.3, 0.4) is 0 Å². The summed E-state index contributed by atoms with van der Waals surface area (Å²) in [4.78, 5) is 0. The summed E-state index contributed by atoms with van der Waals surface area (Å²) in [6, 6.07) is 5.86. The van der Waals surface area contributed by atoms with E-state index >= 15 is 0 Å². The molecule has 1 aromatic carbocycles. The summed E-state index contributed by atoms with van der Waals surface area (Å²) in [5.41, 5.74) is 0.547. The van der Waals surface area contributed by atoms with Crippen molar-refractivity contribution in [1.82, 2.24) is 0 Å². The molecule has 0 atom stereocenters. The predicted molar refractivity (Wildman–Crippen MR) is 96.4 cm³/mol. The van der Waals surface area contributed by atoms with Gasteiger partial charge >= 0.3 is 6.18 Å². The van der Waals surface area contributed by atoms with Crippen molar-refractivity contribution >= 4 is 0 Å². The zero-order valence-electron chi connectivity index (χ0n) is 15.1. The van der Waals surface area contributed by atoms with Crippen LogP contribution in [-0.2, 0) is 6.18 Å². The van der Waals surface area contributed by atoms with Gasteiger partial charge in [-0.1, -0.05) is 24.3 Å². The normalized spacial score (nSPS) is 31.4. The highest BCUT2D eigenvalue weighted by Gasteiger charge is 2.32. The molecule has 25 heavy (non-hydrogen) atoms. The van der Waals surface area contributed by atoms with Crippen molar-refractivity contribution in [1.29, 1.82) is 0 Å². The van der Waals surface area contributed by atoms with Crippen molar-refractivity contribution in [3.8, 4) is 0 Å². The van der Waals surface area contributed by atoms with Gasteiger partial charge in [-0.3, -0.25) is 0 Å². The van der Waals surface area contributed by atoms with E-state index in [0.717, 1.165) is 36.2 Å². The fourth-order valence-electron chi connectivity index (χ4n) is 4.95. The molecule has 3 rings (SSSR count). The topological polar surface area (TPSA) is 0 Å². The number of benzene rings is 1. The summed E-state index contributed by atoms with van der Waals surface area (Å²) in [5.74, 6) is 2.93. The van der Waals surface area contributed by atoms with Crippen LogP contribution in [0.2, 0.25) is 0 Å². The molecule has 0 spiro atoms. The Morgan fingerprint density at radius 2 is 1.32 bits per heavy atom. The van der Waals surface area contributed by atoms with Crippen LogP contribution in [0.25, 0.3) is 0 Å². The van der Waals surface area contributed by atoms with Gasteiger partial charge in [0.25, 0.3) is 0 Å². The third kappa shape index (κ3) is 4.68. The third-order valence-electron chi connectivity index (χ3n) is 6.43. The number of rotatable bonds is 3. The van der Waals surface area contributed by atoms with Crippen LogP contribution in [0.4, 0.5) is 13.2 Å². The molecule has 138 valence electrons. The summed E-state index contributed by atoms with van der Waals surface area (Å²) in [7, 11) is 0. The molecule has 2 aliphatic carbocycles. The minimum absolute atomic E-state index is 0.442. The Bertz CT molecular complexity index is 554. The van der Waals surface area contributed by atoms with Crippen LogP contribution in [0.1, 0.15) is 75.3 Å². The van der Waals surface area contributed by atoms with E-state index in [1.165, 1.54) is 50.7 Å². The molecule has 3 heteroatoms. The summed E-state index contributed by atoms with van der Waals surface area (Å²) in [6.07, 6.45) is 10.4. The number of halogens is 3. The van der Waals surface area contributed by atoms with Crippen molar-refractivity contribution in [2.24, 2.45) is 17.8 Å². The molecule has 0 unspecified atom stereocenters. The van der Waals surface area contributed by atoms with Crippen LogP contribution >= 0.6 is 0 Å². The molecule has 2 fully saturated rings. The Kier molecular flexibility index (Phi) is 5.91. The van der Waals surface area contributed by atoms with Gasteiger partial charge in [0.2, 0.25) is 0 Å². The predicted octanol–water partition coefficient (Wildman–Crippen LogP) is 7.36.